The van der Waals surface area contributed by atoms with Gasteiger partial charge in [0.25, 0.3) is 0 Å². The molecule has 0 amide bonds. The molecule has 1 aliphatic heterocycles. The Morgan fingerprint density at radius 1 is 0.917 bits per heavy atom. The first-order chi connectivity index (χ1) is 11.6. The van der Waals surface area contributed by atoms with Gasteiger partial charge in [-0.2, -0.15) is 5.10 Å². The summed E-state index contributed by atoms with van der Waals surface area (Å²) in [6, 6.07) is 0. The highest BCUT2D eigenvalue weighted by molar-refractivity contribution is 5.23. The molecule has 4 nitrogen and oxygen atoms in total. The van der Waals surface area contributed by atoms with Crippen molar-refractivity contribution in [2.75, 3.05) is 26.3 Å². The topological polar surface area (TPSA) is 30.3 Å². The average Bonchev–Trinajstić information content (AvgIpc) is 2.89. The zero-order valence-electron chi connectivity index (χ0n) is 18.5. The van der Waals surface area contributed by atoms with Crippen molar-refractivity contribution in [3.63, 3.8) is 0 Å². The Balaban J connectivity index is -0.000000422. The minimum absolute atomic E-state index is 0.852. The molecule has 2 heterocycles. The molecule has 0 N–H and O–H groups in total. The lowest BCUT2D eigenvalue weighted by molar-refractivity contribution is 0.0335. The van der Waals surface area contributed by atoms with Crippen molar-refractivity contribution in [2.45, 2.75) is 82.2 Å². The van der Waals surface area contributed by atoms with Crippen LogP contribution in [-0.2, 0) is 18.3 Å². The highest BCUT2D eigenvalue weighted by atomic mass is 16.5. The van der Waals surface area contributed by atoms with E-state index < -0.39 is 0 Å². The van der Waals surface area contributed by atoms with Crippen molar-refractivity contribution in [3.8, 4) is 0 Å². The second-order valence-electron chi connectivity index (χ2n) is 4.88. The molecule has 0 unspecified atom stereocenters. The summed E-state index contributed by atoms with van der Waals surface area (Å²) in [6.07, 6.45) is 1.25. The fourth-order valence-electron chi connectivity index (χ4n) is 1.90. The maximum atomic E-state index is 5.33. The Morgan fingerprint density at radius 2 is 1.33 bits per heavy atom. The smallest absolute Gasteiger partial charge is 0.0796 e. The minimum atomic E-state index is 0.852. The highest BCUT2D eigenvalue weighted by Gasteiger charge is 2.15. The van der Waals surface area contributed by atoms with Gasteiger partial charge in [0, 0.05) is 32.4 Å². The summed E-state index contributed by atoms with van der Waals surface area (Å²) in [5.74, 6) is 0. The number of morpholine rings is 1. The molecule has 0 aliphatic carbocycles. The van der Waals surface area contributed by atoms with E-state index in [2.05, 4.69) is 37.7 Å². The first-order valence-electron chi connectivity index (χ1n) is 9.89. The monoisotopic (exact) mass is 343 g/mol. The van der Waals surface area contributed by atoms with Gasteiger partial charge < -0.3 is 4.74 Å². The van der Waals surface area contributed by atoms with Crippen molar-refractivity contribution in [3.05, 3.63) is 17.0 Å². The lowest BCUT2D eigenvalue weighted by Gasteiger charge is -2.25. The van der Waals surface area contributed by atoms with Gasteiger partial charge in [0.1, 0.15) is 0 Å². The summed E-state index contributed by atoms with van der Waals surface area (Å²) < 4.78 is 7.29. The van der Waals surface area contributed by atoms with Gasteiger partial charge in [0.15, 0.2) is 0 Å². The molecule has 146 valence electrons. The summed E-state index contributed by atoms with van der Waals surface area (Å²) in [4.78, 5) is 2.40. The van der Waals surface area contributed by atoms with E-state index in [1.54, 1.807) is 0 Å². The van der Waals surface area contributed by atoms with Gasteiger partial charge in [0.05, 0.1) is 18.9 Å². The molecule has 1 aromatic rings. The highest BCUT2D eigenvalue weighted by Crippen LogP contribution is 2.13. The zero-order valence-corrected chi connectivity index (χ0v) is 18.5. The molecule has 1 saturated heterocycles. The van der Waals surface area contributed by atoms with Gasteiger partial charge >= 0.3 is 0 Å². The molecule has 4 heteroatoms. The number of nitrogens with zero attached hydrogens (tertiary/aromatic N) is 3. The number of ether oxygens (including phenoxy) is 1. The molecular weight excluding hydrogens is 298 g/mol. The van der Waals surface area contributed by atoms with E-state index in [0.29, 0.717) is 0 Å². The Labute approximate surface area is 152 Å². The first-order valence-corrected chi connectivity index (χ1v) is 9.89. The molecule has 0 radical (unpaired) electrons. The van der Waals surface area contributed by atoms with E-state index in [1.807, 2.05) is 53.3 Å². The van der Waals surface area contributed by atoms with Crippen LogP contribution in [0.4, 0.5) is 0 Å². The van der Waals surface area contributed by atoms with Gasteiger partial charge in [-0.15, -0.1) is 0 Å². The van der Waals surface area contributed by atoms with E-state index in [9.17, 15) is 0 Å². The standard InChI is InChI=1S/C11H19N3O.C3H8.3C2H6/c1-9-10(2)13(3)12-11(9)8-14-4-6-15-7-5-14;1-3-2;3*1-2/h4-8H2,1-3H3;3H2,1-2H3;3*1-2H3. The lowest BCUT2D eigenvalue weighted by atomic mass is 10.2. The molecular formula is C20H45N3O. The van der Waals surface area contributed by atoms with Crippen molar-refractivity contribution in [1.29, 1.82) is 0 Å². The van der Waals surface area contributed by atoms with Crippen LogP contribution < -0.4 is 0 Å². The third-order valence-corrected chi connectivity index (χ3v) is 3.21. The predicted octanol–water partition coefficient (Wildman–Crippen LogP) is 5.36. The number of hydrogen-bond acceptors (Lipinski definition) is 3. The fourth-order valence-corrected chi connectivity index (χ4v) is 1.90. The third-order valence-electron chi connectivity index (χ3n) is 3.21. The number of aromatic nitrogens is 2. The van der Waals surface area contributed by atoms with Gasteiger partial charge in [0.2, 0.25) is 0 Å². The second-order valence-corrected chi connectivity index (χ2v) is 4.88. The van der Waals surface area contributed by atoms with E-state index >= 15 is 0 Å². The van der Waals surface area contributed by atoms with Crippen molar-refractivity contribution >= 4 is 0 Å². The molecule has 0 spiro atoms. The van der Waals surface area contributed by atoms with E-state index in [1.165, 1.54) is 23.4 Å². The van der Waals surface area contributed by atoms with Gasteiger partial charge in [-0.3, -0.25) is 9.58 Å². The van der Waals surface area contributed by atoms with Crippen LogP contribution in [0.25, 0.3) is 0 Å². The number of rotatable bonds is 2. The van der Waals surface area contributed by atoms with Crippen molar-refractivity contribution < 1.29 is 4.74 Å². The predicted molar refractivity (Wildman–Crippen MR) is 109 cm³/mol. The Morgan fingerprint density at radius 3 is 1.67 bits per heavy atom. The number of hydrogen-bond donors (Lipinski definition) is 0. The number of aryl methyl sites for hydroxylation is 1. The van der Waals surface area contributed by atoms with Crippen molar-refractivity contribution in [1.82, 2.24) is 14.7 Å². The van der Waals surface area contributed by atoms with Crippen molar-refractivity contribution in [2.24, 2.45) is 7.05 Å². The Kier molecular flexibility index (Phi) is 23.5. The molecule has 1 aromatic heterocycles. The molecule has 0 atom stereocenters. The van der Waals surface area contributed by atoms with Crippen LogP contribution >= 0.6 is 0 Å². The normalized spacial score (nSPS) is 13.0. The maximum absolute atomic E-state index is 5.33. The third kappa shape index (κ3) is 11.6. The summed E-state index contributed by atoms with van der Waals surface area (Å²) in [7, 11) is 2.01. The summed E-state index contributed by atoms with van der Waals surface area (Å²) in [5, 5.41) is 4.54. The first kappa shape index (κ1) is 28.0. The summed E-state index contributed by atoms with van der Waals surface area (Å²) >= 11 is 0. The molecule has 2 rings (SSSR count). The molecule has 0 bridgehead atoms. The van der Waals surface area contributed by atoms with E-state index in [-0.39, 0.29) is 0 Å². The molecule has 1 fully saturated rings. The quantitative estimate of drug-likeness (QED) is 0.723. The SMILES string of the molecule is CC.CC.CC.CCC.Cc1c(CN2CCOCC2)nn(C)c1C. The Bertz CT molecular complexity index is 356. The van der Waals surface area contributed by atoms with Crippen LogP contribution in [0, 0.1) is 13.8 Å². The van der Waals surface area contributed by atoms with Crippen LogP contribution in [0.3, 0.4) is 0 Å². The molecule has 24 heavy (non-hydrogen) atoms. The van der Waals surface area contributed by atoms with Gasteiger partial charge in [-0.1, -0.05) is 61.8 Å². The summed E-state index contributed by atoms with van der Waals surface area (Å²) in [6.45, 7) is 25.2. The largest absolute Gasteiger partial charge is 0.379 e. The lowest BCUT2D eigenvalue weighted by Crippen LogP contribution is -2.35. The van der Waals surface area contributed by atoms with Gasteiger partial charge in [-0.25, -0.2) is 0 Å². The molecule has 1 aliphatic rings. The van der Waals surface area contributed by atoms with Crippen LogP contribution in [0.5, 0.6) is 0 Å². The van der Waals surface area contributed by atoms with Crippen LogP contribution in [0.1, 0.15) is 78.8 Å². The maximum Gasteiger partial charge on any atom is 0.0796 e. The Hall–Kier alpha value is -0.870. The van der Waals surface area contributed by atoms with Crippen LogP contribution in [0.2, 0.25) is 0 Å². The van der Waals surface area contributed by atoms with E-state index in [4.69, 9.17) is 4.74 Å². The van der Waals surface area contributed by atoms with Crippen LogP contribution in [0.15, 0.2) is 0 Å². The minimum Gasteiger partial charge on any atom is -0.379 e. The van der Waals surface area contributed by atoms with E-state index in [0.717, 1.165) is 32.8 Å². The van der Waals surface area contributed by atoms with Crippen LogP contribution in [-0.4, -0.2) is 41.0 Å². The second kappa shape index (κ2) is 20.2. The van der Waals surface area contributed by atoms with Gasteiger partial charge in [-0.05, 0) is 19.4 Å². The average molecular weight is 344 g/mol. The fraction of sp³-hybridized carbons (Fsp3) is 0.850. The summed E-state index contributed by atoms with van der Waals surface area (Å²) in [5.41, 5.74) is 3.79. The molecule has 0 saturated carbocycles. The molecule has 0 aromatic carbocycles. The zero-order chi connectivity index (χ0) is 19.5.